The number of fused-ring (bicyclic) bond motifs is 1. The van der Waals surface area contributed by atoms with Gasteiger partial charge in [-0.15, -0.1) is 0 Å². The number of nitrogens with two attached hydrogens (primary N) is 1. The third-order valence-corrected chi connectivity index (χ3v) is 4.84. The molecular formula is C22H17F4N5O. The average molecular weight is 443 g/mol. The van der Waals surface area contributed by atoms with Gasteiger partial charge in [0.2, 0.25) is 0 Å². The van der Waals surface area contributed by atoms with Gasteiger partial charge in [0.05, 0.1) is 24.4 Å². The van der Waals surface area contributed by atoms with Gasteiger partial charge >= 0.3 is 6.18 Å². The summed E-state index contributed by atoms with van der Waals surface area (Å²) >= 11 is 0. The Kier molecular flexibility index (Phi) is 5.52. The molecule has 4 aromatic rings. The zero-order valence-electron chi connectivity index (χ0n) is 16.8. The van der Waals surface area contributed by atoms with E-state index in [0.29, 0.717) is 22.5 Å². The molecule has 0 unspecified atom stereocenters. The number of pyridine rings is 1. The quantitative estimate of drug-likeness (QED) is 0.432. The first-order valence-corrected chi connectivity index (χ1v) is 9.39. The third kappa shape index (κ3) is 4.25. The monoisotopic (exact) mass is 443 g/mol. The molecule has 2 heterocycles. The summed E-state index contributed by atoms with van der Waals surface area (Å²) in [7, 11) is 1.53. The summed E-state index contributed by atoms with van der Waals surface area (Å²) in [6.45, 7) is 0.140. The van der Waals surface area contributed by atoms with Gasteiger partial charge in [-0.3, -0.25) is 0 Å². The number of rotatable bonds is 5. The number of aromatic nitrogens is 3. The maximum Gasteiger partial charge on any atom is 0.419 e. The van der Waals surface area contributed by atoms with Crippen LogP contribution in [0.5, 0.6) is 5.75 Å². The fourth-order valence-corrected chi connectivity index (χ4v) is 3.28. The molecule has 0 aliphatic rings. The molecular weight excluding hydrogens is 426 g/mol. The smallest absolute Gasteiger partial charge is 0.419 e. The number of ether oxygens (including phenoxy) is 1. The number of benzene rings is 2. The second kappa shape index (κ2) is 8.29. The summed E-state index contributed by atoms with van der Waals surface area (Å²) in [5.74, 6) is -0.216. The van der Waals surface area contributed by atoms with Gasteiger partial charge in [-0.25, -0.2) is 19.3 Å². The van der Waals surface area contributed by atoms with E-state index in [2.05, 4.69) is 15.0 Å². The highest BCUT2D eigenvalue weighted by Gasteiger charge is 2.35. The Morgan fingerprint density at radius 3 is 2.44 bits per heavy atom. The number of nitrogens with zero attached hydrogens (tertiary/aromatic N) is 4. The van der Waals surface area contributed by atoms with Crippen LogP contribution in [0.3, 0.4) is 0 Å². The summed E-state index contributed by atoms with van der Waals surface area (Å²) in [5.41, 5.74) is 5.78. The van der Waals surface area contributed by atoms with Crippen molar-refractivity contribution in [3.63, 3.8) is 0 Å². The van der Waals surface area contributed by atoms with Crippen LogP contribution in [0.2, 0.25) is 0 Å². The van der Waals surface area contributed by atoms with Crippen molar-refractivity contribution >= 4 is 28.2 Å². The van der Waals surface area contributed by atoms with E-state index in [4.69, 9.17) is 10.5 Å². The van der Waals surface area contributed by atoms with E-state index in [1.807, 2.05) is 0 Å². The summed E-state index contributed by atoms with van der Waals surface area (Å²) in [4.78, 5) is 14.0. The number of halogens is 4. The topological polar surface area (TPSA) is 77.2 Å². The molecule has 0 saturated heterocycles. The summed E-state index contributed by atoms with van der Waals surface area (Å²) in [6, 6.07) is 11.4. The molecule has 0 aliphatic heterocycles. The van der Waals surface area contributed by atoms with E-state index < -0.39 is 17.6 Å². The lowest BCUT2D eigenvalue weighted by Crippen LogP contribution is -2.20. The van der Waals surface area contributed by atoms with Crippen molar-refractivity contribution in [2.75, 3.05) is 17.7 Å². The summed E-state index contributed by atoms with van der Waals surface area (Å²) in [5, 5.41) is 0.492. The van der Waals surface area contributed by atoms with E-state index in [9.17, 15) is 17.6 Å². The fourth-order valence-electron chi connectivity index (χ4n) is 3.28. The molecule has 6 nitrogen and oxygen atoms in total. The molecule has 0 bridgehead atoms. The highest BCUT2D eigenvalue weighted by Crippen LogP contribution is 2.37. The molecule has 32 heavy (non-hydrogen) atoms. The average Bonchev–Trinajstić information content (AvgIpc) is 2.77. The fraction of sp³-hybridized carbons (Fsp3) is 0.136. The molecule has 0 aliphatic carbocycles. The number of methoxy groups -OCH3 is 1. The molecule has 10 heteroatoms. The Hall–Kier alpha value is -3.95. The predicted molar refractivity (Wildman–Crippen MR) is 112 cm³/mol. The van der Waals surface area contributed by atoms with E-state index in [0.717, 1.165) is 17.7 Å². The van der Waals surface area contributed by atoms with E-state index in [-0.39, 0.29) is 18.1 Å². The van der Waals surface area contributed by atoms with E-state index in [1.165, 1.54) is 25.7 Å². The van der Waals surface area contributed by atoms with Gasteiger partial charge in [0.15, 0.2) is 0 Å². The molecule has 4 rings (SSSR count). The summed E-state index contributed by atoms with van der Waals surface area (Å²) < 4.78 is 59.3. The number of nitrogen functional groups attached to an aromatic ring is 1. The molecule has 0 radical (unpaired) electrons. The van der Waals surface area contributed by atoms with Crippen LogP contribution >= 0.6 is 0 Å². The molecule has 0 spiro atoms. The van der Waals surface area contributed by atoms with E-state index >= 15 is 0 Å². The minimum Gasteiger partial charge on any atom is -0.497 e. The minimum absolute atomic E-state index is 0.102. The molecule has 2 aromatic carbocycles. The Morgan fingerprint density at radius 1 is 1.00 bits per heavy atom. The van der Waals surface area contributed by atoms with Gasteiger partial charge in [-0.2, -0.15) is 13.2 Å². The number of hydrogen-bond acceptors (Lipinski definition) is 6. The molecule has 2 N–H and O–H groups in total. The zero-order chi connectivity index (χ0) is 22.9. The second-order valence-electron chi connectivity index (χ2n) is 6.92. The second-order valence-corrected chi connectivity index (χ2v) is 6.92. The van der Waals surface area contributed by atoms with Gasteiger partial charge in [-0.1, -0.05) is 12.1 Å². The first-order valence-electron chi connectivity index (χ1n) is 9.39. The van der Waals surface area contributed by atoms with Gasteiger partial charge in [-0.05, 0) is 42.0 Å². The Labute approximate surface area is 180 Å². The van der Waals surface area contributed by atoms with Crippen LogP contribution in [0, 0.1) is 5.82 Å². The van der Waals surface area contributed by atoms with Crippen LogP contribution < -0.4 is 15.4 Å². The maximum atomic E-state index is 13.9. The van der Waals surface area contributed by atoms with Crippen molar-refractivity contribution in [2.45, 2.75) is 12.7 Å². The van der Waals surface area contributed by atoms with Crippen LogP contribution in [0.15, 0.2) is 61.1 Å². The predicted octanol–water partition coefficient (Wildman–Crippen LogP) is 5.11. The maximum absolute atomic E-state index is 13.9. The lowest BCUT2D eigenvalue weighted by molar-refractivity contribution is -0.139. The first kappa shape index (κ1) is 21.3. The first-order chi connectivity index (χ1) is 15.3. The van der Waals surface area contributed by atoms with Crippen LogP contribution in [0.1, 0.15) is 11.1 Å². The van der Waals surface area contributed by atoms with E-state index in [1.54, 1.807) is 35.2 Å². The van der Waals surface area contributed by atoms with Crippen molar-refractivity contribution in [2.24, 2.45) is 0 Å². The van der Waals surface area contributed by atoms with Gasteiger partial charge in [0.25, 0.3) is 0 Å². The van der Waals surface area contributed by atoms with Crippen molar-refractivity contribution < 1.29 is 22.3 Å². The lowest BCUT2D eigenvalue weighted by Gasteiger charge is -2.26. The number of hydrogen-bond donors (Lipinski definition) is 1. The van der Waals surface area contributed by atoms with Crippen LogP contribution in [0.4, 0.5) is 34.9 Å². The molecule has 0 amide bonds. The molecule has 164 valence electrons. The molecule has 0 atom stereocenters. The summed E-state index contributed by atoms with van der Waals surface area (Å²) in [6.07, 6.45) is -2.12. The van der Waals surface area contributed by atoms with Crippen molar-refractivity contribution in [3.05, 3.63) is 78.0 Å². The van der Waals surface area contributed by atoms with Crippen molar-refractivity contribution in [1.82, 2.24) is 15.0 Å². The Bertz CT molecular complexity index is 1260. The largest absolute Gasteiger partial charge is 0.497 e. The van der Waals surface area contributed by atoms with Gasteiger partial charge < -0.3 is 15.4 Å². The highest BCUT2D eigenvalue weighted by atomic mass is 19.4. The minimum atomic E-state index is -4.85. The normalized spacial score (nSPS) is 11.5. The van der Waals surface area contributed by atoms with Gasteiger partial charge in [0.1, 0.15) is 29.5 Å². The lowest BCUT2D eigenvalue weighted by atomic mass is 10.1. The van der Waals surface area contributed by atoms with Crippen molar-refractivity contribution in [3.8, 4) is 5.75 Å². The SMILES string of the molecule is COc1ccc(CN(c2ccc(F)c(C(F)(F)F)c2)c2ncnc3cnc(N)cc23)cc1. The third-order valence-electron chi connectivity index (χ3n) is 4.84. The Morgan fingerprint density at radius 2 is 1.75 bits per heavy atom. The van der Waals surface area contributed by atoms with Gasteiger partial charge in [0, 0.05) is 17.6 Å². The zero-order valence-corrected chi connectivity index (χ0v) is 16.8. The van der Waals surface area contributed by atoms with Crippen LogP contribution in [-0.2, 0) is 12.7 Å². The van der Waals surface area contributed by atoms with Crippen LogP contribution in [0.25, 0.3) is 10.9 Å². The van der Waals surface area contributed by atoms with Crippen molar-refractivity contribution in [1.29, 1.82) is 0 Å². The molecule has 0 fully saturated rings. The standard InChI is InChI=1S/C22H17F4N5O/c1-32-15-5-2-13(3-6-15)11-31(14-4-7-18(23)17(8-14)22(24,25)26)21-16-9-20(27)28-10-19(16)29-12-30-21/h2-10,12H,11H2,1H3,(H2,27,28). The Balaban J connectivity index is 1.89. The highest BCUT2D eigenvalue weighted by molar-refractivity contribution is 5.92. The number of alkyl halides is 3. The molecule has 2 aromatic heterocycles. The number of anilines is 3. The van der Waals surface area contributed by atoms with Crippen LogP contribution in [-0.4, -0.2) is 22.1 Å². The molecule has 0 saturated carbocycles.